The Morgan fingerprint density at radius 1 is 1.28 bits per heavy atom. The van der Waals surface area contributed by atoms with Crippen LogP contribution in [0, 0.1) is 24.2 Å². The number of nitrogens with one attached hydrogen (secondary N) is 2. The average Bonchev–Trinajstić information content (AvgIpc) is 3.06. The van der Waals surface area contributed by atoms with E-state index in [1.807, 2.05) is 0 Å². The standard InChI is InChI=1S/C21H23ClF3N5O2/c1-11-15(22)16-17(27-11)18(14(10-26)19(29-16)21(23,24)25)30-6-2-12(3-7-30)20(31)28-13-4-8-32-9-5-13/h12-13,27H,2-9H2,1H3,(H,28,31). The molecule has 2 N–H and O–H groups in total. The van der Waals surface area contributed by atoms with Gasteiger partial charge in [-0.15, -0.1) is 0 Å². The van der Waals surface area contributed by atoms with Gasteiger partial charge >= 0.3 is 6.18 Å². The van der Waals surface area contributed by atoms with Gasteiger partial charge in [0.15, 0.2) is 5.69 Å². The van der Waals surface area contributed by atoms with Gasteiger partial charge in [0.2, 0.25) is 5.91 Å². The number of H-pyrrole nitrogens is 1. The molecule has 11 heteroatoms. The van der Waals surface area contributed by atoms with Gasteiger partial charge < -0.3 is 19.9 Å². The van der Waals surface area contributed by atoms with Crippen LogP contribution in [0.5, 0.6) is 0 Å². The van der Waals surface area contributed by atoms with E-state index in [1.54, 1.807) is 17.9 Å². The summed E-state index contributed by atoms with van der Waals surface area (Å²) < 4.78 is 46.4. The summed E-state index contributed by atoms with van der Waals surface area (Å²) in [5.74, 6) is -0.264. The Morgan fingerprint density at radius 3 is 2.53 bits per heavy atom. The van der Waals surface area contributed by atoms with Crippen molar-refractivity contribution in [1.82, 2.24) is 15.3 Å². The number of halogens is 4. The Hall–Kier alpha value is -2.51. The second kappa shape index (κ2) is 8.79. The zero-order valence-electron chi connectivity index (χ0n) is 17.5. The largest absolute Gasteiger partial charge is 0.434 e. The van der Waals surface area contributed by atoms with Crippen LogP contribution in [-0.2, 0) is 15.7 Å². The molecule has 4 rings (SSSR count). The first-order chi connectivity index (χ1) is 15.2. The lowest BCUT2D eigenvalue weighted by Crippen LogP contribution is -2.45. The highest BCUT2D eigenvalue weighted by Gasteiger charge is 2.40. The SMILES string of the molecule is Cc1[nH]c2c(N3CCC(C(=O)NC4CCOCC4)CC3)c(C#N)c(C(F)(F)F)nc2c1Cl. The molecule has 2 aromatic heterocycles. The number of pyridine rings is 1. The molecule has 7 nitrogen and oxygen atoms in total. The molecule has 1 amide bonds. The van der Waals surface area contributed by atoms with E-state index < -0.39 is 17.4 Å². The van der Waals surface area contributed by atoms with Crippen molar-refractivity contribution in [2.75, 3.05) is 31.2 Å². The van der Waals surface area contributed by atoms with Gasteiger partial charge in [-0.2, -0.15) is 18.4 Å². The van der Waals surface area contributed by atoms with Crippen molar-refractivity contribution in [2.45, 2.75) is 44.8 Å². The Balaban J connectivity index is 1.61. The maximum atomic E-state index is 13.7. The monoisotopic (exact) mass is 469 g/mol. The van der Waals surface area contributed by atoms with Gasteiger partial charge in [-0.25, -0.2) is 4.98 Å². The van der Waals surface area contributed by atoms with Crippen molar-refractivity contribution >= 4 is 34.2 Å². The van der Waals surface area contributed by atoms with Crippen LogP contribution in [0.1, 0.15) is 42.6 Å². The third-order valence-corrected chi connectivity index (χ3v) is 6.61. The average molecular weight is 470 g/mol. The second-order valence-electron chi connectivity index (χ2n) is 8.24. The van der Waals surface area contributed by atoms with Crippen molar-refractivity contribution in [3.63, 3.8) is 0 Å². The molecule has 2 aromatic rings. The van der Waals surface area contributed by atoms with E-state index in [4.69, 9.17) is 16.3 Å². The molecule has 0 aromatic carbocycles. The number of ether oxygens (including phenoxy) is 1. The molecule has 0 unspecified atom stereocenters. The minimum absolute atomic E-state index is 0.00937. The molecule has 2 aliphatic rings. The summed E-state index contributed by atoms with van der Waals surface area (Å²) in [4.78, 5) is 21.1. The Labute approximate surface area is 187 Å². The normalized spacial score (nSPS) is 18.7. The number of hydrogen-bond donors (Lipinski definition) is 2. The molecular formula is C21H23ClF3N5O2. The summed E-state index contributed by atoms with van der Waals surface area (Å²) in [6.07, 6.45) is -2.31. The van der Waals surface area contributed by atoms with Gasteiger partial charge in [0.25, 0.3) is 0 Å². The van der Waals surface area contributed by atoms with Gasteiger partial charge in [0, 0.05) is 44.0 Å². The number of aromatic amines is 1. The summed E-state index contributed by atoms with van der Waals surface area (Å²) in [6.45, 7) is 3.56. The maximum Gasteiger partial charge on any atom is 0.434 e. The van der Waals surface area contributed by atoms with Crippen molar-refractivity contribution < 1.29 is 22.7 Å². The van der Waals surface area contributed by atoms with Gasteiger partial charge in [-0.3, -0.25) is 4.79 Å². The first kappa shape index (κ1) is 22.7. The third kappa shape index (κ3) is 4.24. The van der Waals surface area contributed by atoms with E-state index in [0.29, 0.717) is 50.4 Å². The van der Waals surface area contributed by atoms with Crippen LogP contribution in [0.15, 0.2) is 0 Å². The van der Waals surface area contributed by atoms with Crippen LogP contribution < -0.4 is 10.2 Å². The number of aryl methyl sites for hydroxylation is 1. The van der Waals surface area contributed by atoms with Crippen LogP contribution in [0.3, 0.4) is 0 Å². The van der Waals surface area contributed by atoms with E-state index in [1.165, 1.54) is 0 Å². The van der Waals surface area contributed by atoms with E-state index in [0.717, 1.165) is 12.8 Å². The highest BCUT2D eigenvalue weighted by Crippen LogP contribution is 2.42. The summed E-state index contributed by atoms with van der Waals surface area (Å²) in [5.41, 5.74) is -0.865. The first-order valence-electron chi connectivity index (χ1n) is 10.5. The molecule has 0 aliphatic carbocycles. The number of nitrogens with zero attached hydrogens (tertiary/aromatic N) is 3. The zero-order valence-corrected chi connectivity index (χ0v) is 18.2. The summed E-state index contributed by atoms with van der Waals surface area (Å²) in [6, 6.07) is 1.79. The minimum atomic E-state index is -4.80. The number of rotatable bonds is 3. The smallest absolute Gasteiger partial charge is 0.381 e. The number of anilines is 1. The second-order valence-corrected chi connectivity index (χ2v) is 8.62. The minimum Gasteiger partial charge on any atom is -0.381 e. The van der Waals surface area contributed by atoms with E-state index in [2.05, 4.69) is 15.3 Å². The number of piperidine rings is 1. The molecule has 32 heavy (non-hydrogen) atoms. The number of nitriles is 1. The molecule has 2 saturated heterocycles. The predicted octanol–water partition coefficient (Wildman–Crippen LogP) is 3.93. The summed E-state index contributed by atoms with van der Waals surface area (Å²) in [7, 11) is 0. The molecule has 0 atom stereocenters. The van der Waals surface area contributed by atoms with Crippen LogP contribution in [0.2, 0.25) is 5.02 Å². The Bertz CT molecular complexity index is 1060. The molecule has 0 saturated carbocycles. The molecule has 2 aliphatic heterocycles. The van der Waals surface area contributed by atoms with E-state index in [-0.39, 0.29) is 34.1 Å². The van der Waals surface area contributed by atoms with Gasteiger partial charge in [0.1, 0.15) is 17.1 Å². The van der Waals surface area contributed by atoms with Crippen molar-refractivity contribution in [2.24, 2.45) is 5.92 Å². The highest BCUT2D eigenvalue weighted by molar-refractivity contribution is 6.36. The number of aromatic nitrogens is 2. The van der Waals surface area contributed by atoms with Crippen molar-refractivity contribution in [3.8, 4) is 6.07 Å². The van der Waals surface area contributed by atoms with Crippen molar-refractivity contribution in [3.05, 3.63) is 22.0 Å². The fourth-order valence-corrected chi connectivity index (χ4v) is 4.61. The molecular weight excluding hydrogens is 447 g/mol. The molecule has 0 radical (unpaired) electrons. The number of alkyl halides is 3. The van der Waals surface area contributed by atoms with Gasteiger partial charge in [-0.05, 0) is 32.6 Å². The predicted molar refractivity (Wildman–Crippen MR) is 112 cm³/mol. The summed E-state index contributed by atoms with van der Waals surface area (Å²) in [5, 5.41) is 12.8. The third-order valence-electron chi connectivity index (χ3n) is 6.15. The zero-order chi connectivity index (χ0) is 23.0. The van der Waals surface area contributed by atoms with E-state index >= 15 is 0 Å². The number of carbonyl (C=O) groups is 1. The molecule has 0 bridgehead atoms. The fourth-order valence-electron chi connectivity index (χ4n) is 4.42. The summed E-state index contributed by atoms with van der Waals surface area (Å²) >= 11 is 6.20. The van der Waals surface area contributed by atoms with Crippen LogP contribution >= 0.6 is 11.6 Å². The van der Waals surface area contributed by atoms with Gasteiger partial charge in [0.05, 0.1) is 16.2 Å². The van der Waals surface area contributed by atoms with Crippen LogP contribution in [0.25, 0.3) is 11.0 Å². The molecule has 2 fully saturated rings. The van der Waals surface area contributed by atoms with Crippen LogP contribution in [0.4, 0.5) is 18.9 Å². The number of fused-ring (bicyclic) bond motifs is 1. The fraction of sp³-hybridized carbons (Fsp3) is 0.571. The van der Waals surface area contributed by atoms with E-state index in [9.17, 15) is 23.2 Å². The molecule has 0 spiro atoms. The quantitative estimate of drug-likeness (QED) is 0.710. The lowest BCUT2D eigenvalue weighted by atomic mass is 9.94. The lowest BCUT2D eigenvalue weighted by molar-refractivity contribution is -0.141. The molecule has 172 valence electrons. The van der Waals surface area contributed by atoms with Crippen LogP contribution in [-0.4, -0.2) is 48.2 Å². The van der Waals surface area contributed by atoms with Gasteiger partial charge in [-0.1, -0.05) is 11.6 Å². The first-order valence-corrected chi connectivity index (χ1v) is 10.9. The molecule has 4 heterocycles. The Kier molecular flexibility index (Phi) is 6.23. The lowest BCUT2D eigenvalue weighted by Gasteiger charge is -2.35. The number of hydrogen-bond acceptors (Lipinski definition) is 5. The number of carbonyl (C=O) groups excluding carboxylic acids is 1. The maximum absolute atomic E-state index is 13.7. The Morgan fingerprint density at radius 2 is 1.94 bits per heavy atom. The van der Waals surface area contributed by atoms with Crippen molar-refractivity contribution in [1.29, 1.82) is 5.26 Å². The number of amides is 1. The highest BCUT2D eigenvalue weighted by atomic mass is 35.5. The topological polar surface area (TPSA) is 94.0 Å².